The van der Waals surface area contributed by atoms with Gasteiger partial charge in [-0.2, -0.15) is 4.31 Å². The van der Waals surface area contributed by atoms with Crippen LogP contribution < -0.4 is 5.32 Å². The molecule has 2 heterocycles. The molecule has 1 saturated heterocycles. The van der Waals surface area contributed by atoms with Crippen LogP contribution in [0.15, 0.2) is 41.3 Å². The fourth-order valence-corrected chi connectivity index (χ4v) is 5.80. The van der Waals surface area contributed by atoms with Gasteiger partial charge in [-0.05, 0) is 48.2 Å². The van der Waals surface area contributed by atoms with Gasteiger partial charge >= 0.3 is 0 Å². The van der Waals surface area contributed by atoms with Gasteiger partial charge < -0.3 is 30.6 Å². The van der Waals surface area contributed by atoms with E-state index in [0.29, 0.717) is 6.54 Å². The van der Waals surface area contributed by atoms with Crippen molar-refractivity contribution in [2.75, 3.05) is 31.6 Å². The first-order chi connectivity index (χ1) is 15.3. The van der Waals surface area contributed by atoms with Crippen LogP contribution in [0, 0.1) is 0 Å². The van der Waals surface area contributed by atoms with Crippen molar-refractivity contribution in [1.29, 1.82) is 0 Å². The van der Waals surface area contributed by atoms with Gasteiger partial charge in [-0.3, -0.25) is 0 Å². The molecule has 5 N–H and O–H groups in total. The maximum Gasteiger partial charge on any atom is 0.247 e. The predicted octanol–water partition coefficient (Wildman–Crippen LogP) is 1.03. The van der Waals surface area contributed by atoms with Crippen molar-refractivity contribution in [2.24, 2.45) is 0 Å². The zero-order valence-electron chi connectivity index (χ0n) is 17.7. The smallest absolute Gasteiger partial charge is 0.247 e. The summed E-state index contributed by atoms with van der Waals surface area (Å²) in [6, 6.07) is 9.61. The molecule has 2 aromatic rings. The van der Waals surface area contributed by atoms with Crippen LogP contribution in [0.25, 0.3) is 0 Å². The highest BCUT2D eigenvalue weighted by molar-refractivity contribution is 7.89. The monoisotopic (exact) mass is 463 g/mol. The highest BCUT2D eigenvalue weighted by Crippen LogP contribution is 2.35. The lowest BCUT2D eigenvalue weighted by atomic mass is 10.0. The Labute approximate surface area is 187 Å². The van der Waals surface area contributed by atoms with Crippen molar-refractivity contribution in [3.63, 3.8) is 0 Å². The Morgan fingerprint density at radius 2 is 1.75 bits per heavy atom. The van der Waals surface area contributed by atoms with Crippen molar-refractivity contribution < 1.29 is 28.8 Å². The summed E-state index contributed by atoms with van der Waals surface area (Å²) in [5, 5.41) is 41.6. The van der Waals surface area contributed by atoms with Crippen LogP contribution in [0.5, 0.6) is 11.5 Å². The average molecular weight is 464 g/mol. The lowest BCUT2D eigenvalue weighted by Crippen LogP contribution is -2.43. The van der Waals surface area contributed by atoms with E-state index in [1.165, 1.54) is 16.4 Å². The summed E-state index contributed by atoms with van der Waals surface area (Å²) in [4.78, 5) is 1.92. The number of aliphatic hydroxyl groups excluding tert-OH is 2. The average Bonchev–Trinajstić information content (AvgIpc) is 3.19. The van der Waals surface area contributed by atoms with Gasteiger partial charge in [0, 0.05) is 50.5 Å². The summed E-state index contributed by atoms with van der Waals surface area (Å²) in [5.41, 5.74) is 2.77. The van der Waals surface area contributed by atoms with Gasteiger partial charge in [-0.1, -0.05) is 6.07 Å². The summed E-state index contributed by atoms with van der Waals surface area (Å²) in [5.74, 6) is -0.668. The van der Waals surface area contributed by atoms with Crippen LogP contribution >= 0.6 is 0 Å². The number of nitrogens with zero attached hydrogens (tertiary/aromatic N) is 2. The molecular weight excluding hydrogens is 434 g/mol. The molecule has 0 aromatic heterocycles. The number of anilines is 1. The number of sulfonamides is 1. The Morgan fingerprint density at radius 1 is 1.03 bits per heavy atom. The van der Waals surface area contributed by atoms with Crippen LogP contribution in [-0.4, -0.2) is 76.4 Å². The molecule has 0 radical (unpaired) electrons. The fourth-order valence-electron chi connectivity index (χ4n) is 4.34. The Bertz CT molecular complexity index is 1070. The second-order valence-electron chi connectivity index (χ2n) is 8.46. The minimum atomic E-state index is -3.90. The summed E-state index contributed by atoms with van der Waals surface area (Å²) in [7, 11) is -3.90. The predicted molar refractivity (Wildman–Crippen MR) is 119 cm³/mol. The maximum absolute atomic E-state index is 13.0. The first-order valence-corrected chi connectivity index (χ1v) is 12.1. The first kappa shape index (κ1) is 22.8. The highest BCUT2D eigenvalue weighted by Gasteiger charge is 2.33. The third-order valence-electron chi connectivity index (χ3n) is 6.10. The second kappa shape index (κ2) is 9.24. The van der Waals surface area contributed by atoms with Crippen LogP contribution in [0.1, 0.15) is 24.0 Å². The number of aromatic hydroxyl groups is 2. The molecule has 2 aromatic carbocycles. The van der Waals surface area contributed by atoms with E-state index in [9.17, 15) is 23.7 Å². The number of β-amino-alcohol motifs (C(OH)–C–C–N with tert-alkyl or cyclic N) is 1. The minimum Gasteiger partial charge on any atom is -0.508 e. The summed E-state index contributed by atoms with van der Waals surface area (Å²) < 4.78 is 27.3. The normalized spacial score (nSPS) is 19.1. The van der Waals surface area contributed by atoms with Gasteiger partial charge in [-0.15, -0.1) is 0 Å². The van der Waals surface area contributed by atoms with Gasteiger partial charge in [0.1, 0.15) is 16.4 Å². The van der Waals surface area contributed by atoms with E-state index in [0.717, 1.165) is 48.8 Å². The first-order valence-electron chi connectivity index (χ1n) is 10.7. The summed E-state index contributed by atoms with van der Waals surface area (Å²) in [6.45, 7) is 2.35. The Morgan fingerprint density at radius 3 is 2.44 bits per heavy atom. The van der Waals surface area contributed by atoms with E-state index in [1.807, 2.05) is 18.2 Å². The lowest BCUT2D eigenvalue weighted by Gasteiger charge is -2.33. The van der Waals surface area contributed by atoms with E-state index in [-0.39, 0.29) is 36.4 Å². The second-order valence-corrected chi connectivity index (χ2v) is 10.4. The maximum atomic E-state index is 13.0. The quantitative estimate of drug-likeness (QED) is 0.411. The molecule has 0 bridgehead atoms. The summed E-state index contributed by atoms with van der Waals surface area (Å²) >= 11 is 0. The lowest BCUT2D eigenvalue weighted by molar-refractivity contribution is 0.0522. The van der Waals surface area contributed by atoms with E-state index >= 15 is 0 Å². The molecule has 0 saturated carbocycles. The molecule has 1 unspecified atom stereocenters. The molecule has 1 fully saturated rings. The number of hydrogen-bond acceptors (Lipinski definition) is 8. The van der Waals surface area contributed by atoms with Crippen molar-refractivity contribution in [2.45, 2.75) is 43.0 Å². The molecule has 4 rings (SSSR count). The third-order valence-corrected chi connectivity index (χ3v) is 7.94. The number of nitrogens with one attached hydrogen (secondary N) is 1. The molecule has 2 aliphatic rings. The zero-order chi connectivity index (χ0) is 22.9. The third kappa shape index (κ3) is 4.84. The Hall–Kier alpha value is -2.37. The van der Waals surface area contributed by atoms with Crippen LogP contribution in [0.3, 0.4) is 0 Å². The number of fused-ring (bicyclic) bond motifs is 1. The van der Waals surface area contributed by atoms with Crippen molar-refractivity contribution in [3.8, 4) is 11.5 Å². The van der Waals surface area contributed by atoms with Gasteiger partial charge in [0.15, 0.2) is 0 Å². The van der Waals surface area contributed by atoms with E-state index < -0.39 is 21.9 Å². The van der Waals surface area contributed by atoms with Gasteiger partial charge in [0.05, 0.1) is 12.7 Å². The molecule has 2 aliphatic heterocycles. The van der Waals surface area contributed by atoms with Gasteiger partial charge in [0.2, 0.25) is 10.0 Å². The fraction of sp³-hybridized carbons (Fsp3) is 0.455. The van der Waals surface area contributed by atoms with Crippen LogP contribution in [0.2, 0.25) is 0 Å². The van der Waals surface area contributed by atoms with Crippen LogP contribution in [-0.2, 0) is 23.1 Å². The SMILES string of the molecule is O=S(=O)(c1ccc(O)cc1O)N1Cc2ccc(NC3CCN(CC(O)CO)CC3)cc2C1. The summed E-state index contributed by atoms with van der Waals surface area (Å²) in [6.07, 6.45) is 1.12. The van der Waals surface area contributed by atoms with E-state index in [1.54, 1.807) is 0 Å². The molecule has 32 heavy (non-hydrogen) atoms. The number of likely N-dealkylation sites (tertiary alicyclic amines) is 1. The van der Waals surface area contributed by atoms with Gasteiger partial charge in [0.25, 0.3) is 0 Å². The number of hydrogen-bond donors (Lipinski definition) is 5. The number of piperidine rings is 1. The molecule has 10 heteroatoms. The topological polar surface area (TPSA) is 134 Å². The Kier molecular flexibility index (Phi) is 6.59. The van der Waals surface area contributed by atoms with Crippen LogP contribution in [0.4, 0.5) is 5.69 Å². The standard InChI is InChI=1S/C22H29N3O6S/c26-14-20(28)13-24-7-5-17(6-8-24)23-18-2-1-15-11-25(12-16(15)9-18)32(30,31)22-4-3-19(27)10-21(22)29/h1-4,9-10,17,20,23,26-29H,5-8,11-14H2. The number of phenolic OH excluding ortho intramolecular Hbond substituents is 2. The largest absolute Gasteiger partial charge is 0.508 e. The van der Waals surface area contributed by atoms with E-state index in [4.69, 9.17) is 5.11 Å². The van der Waals surface area contributed by atoms with E-state index in [2.05, 4.69) is 10.2 Å². The van der Waals surface area contributed by atoms with Gasteiger partial charge in [-0.25, -0.2) is 8.42 Å². The number of benzene rings is 2. The minimum absolute atomic E-state index is 0.197. The molecule has 0 amide bonds. The molecule has 0 aliphatic carbocycles. The highest BCUT2D eigenvalue weighted by atomic mass is 32.2. The van der Waals surface area contributed by atoms with Crippen molar-refractivity contribution >= 4 is 15.7 Å². The Balaban J connectivity index is 1.39. The molecule has 0 spiro atoms. The van der Waals surface area contributed by atoms with Crippen molar-refractivity contribution in [3.05, 3.63) is 47.5 Å². The molecule has 9 nitrogen and oxygen atoms in total. The van der Waals surface area contributed by atoms with Crippen molar-refractivity contribution in [1.82, 2.24) is 9.21 Å². The number of rotatable bonds is 7. The molecule has 174 valence electrons. The molecule has 1 atom stereocenters. The zero-order valence-corrected chi connectivity index (χ0v) is 18.5. The molecular formula is C22H29N3O6S. The number of aliphatic hydroxyl groups is 2. The number of phenols is 2.